The molecule has 0 N–H and O–H groups in total. The Labute approximate surface area is 110 Å². The molecule has 1 atom stereocenters. The highest BCUT2D eigenvalue weighted by Crippen LogP contribution is 2.82. The number of hydrogen-bond acceptors (Lipinski definition) is 0. The maximum absolute atomic E-state index is 13.4. The second kappa shape index (κ2) is 3.70. The molecule has 1 fully saturated rings. The van der Waals surface area contributed by atoms with Gasteiger partial charge in [-0.1, -0.05) is 17.7 Å². The van der Waals surface area contributed by atoms with E-state index in [1.807, 2.05) is 6.92 Å². The molecule has 2 aliphatic rings. The van der Waals surface area contributed by atoms with Crippen LogP contribution in [0.5, 0.6) is 0 Å². The lowest BCUT2D eigenvalue weighted by atomic mass is 10.1. The Morgan fingerprint density at radius 3 is 2.50 bits per heavy atom. The van der Waals surface area contributed by atoms with Crippen LogP contribution in [0.2, 0.25) is 0 Å². The van der Waals surface area contributed by atoms with Crippen LogP contribution in [0.15, 0.2) is 28.0 Å². The molecule has 0 spiro atoms. The quantitative estimate of drug-likeness (QED) is 0.632. The van der Waals surface area contributed by atoms with Crippen molar-refractivity contribution in [3.8, 4) is 0 Å². The fourth-order valence-corrected chi connectivity index (χ4v) is 5.76. The van der Waals surface area contributed by atoms with Crippen molar-refractivity contribution in [1.29, 1.82) is 0 Å². The Hall–Kier alpha value is -0.610. The molecule has 3 rings (SSSR count). The van der Waals surface area contributed by atoms with Gasteiger partial charge in [0.05, 0.1) is 0 Å². The first-order valence-corrected chi connectivity index (χ1v) is 8.21. The van der Waals surface area contributed by atoms with E-state index in [2.05, 4.69) is 0 Å². The van der Waals surface area contributed by atoms with Crippen LogP contribution in [0.3, 0.4) is 0 Å². The molecule has 0 amide bonds. The summed E-state index contributed by atoms with van der Waals surface area (Å²) < 4.78 is 40.3. The van der Waals surface area contributed by atoms with Gasteiger partial charge in [-0.3, -0.25) is 0 Å². The SMILES string of the molecule is Cc1ccc2c(c1)C=C(C1CC1)S2(Cl)C(F)(F)F. The molecule has 98 valence electrons. The third kappa shape index (κ3) is 1.62. The topological polar surface area (TPSA) is 0 Å². The minimum Gasteiger partial charge on any atom is -0.160 e. The number of aryl methyl sites for hydroxylation is 1. The summed E-state index contributed by atoms with van der Waals surface area (Å²) in [7, 11) is 2.78. The summed E-state index contributed by atoms with van der Waals surface area (Å²) in [5.41, 5.74) is -2.76. The van der Waals surface area contributed by atoms with Gasteiger partial charge in [-0.15, -0.1) is 0 Å². The van der Waals surface area contributed by atoms with Crippen LogP contribution in [0.4, 0.5) is 13.2 Å². The second-order valence-corrected chi connectivity index (χ2v) is 8.68. The zero-order chi connectivity index (χ0) is 13.1. The van der Waals surface area contributed by atoms with E-state index in [0.29, 0.717) is 10.5 Å². The zero-order valence-electron chi connectivity index (χ0n) is 9.72. The molecule has 0 radical (unpaired) electrons. The van der Waals surface area contributed by atoms with Gasteiger partial charge in [-0.2, -0.15) is 13.2 Å². The van der Waals surface area contributed by atoms with E-state index in [1.54, 1.807) is 24.3 Å². The minimum absolute atomic E-state index is 0.0341. The average molecular weight is 293 g/mol. The van der Waals surface area contributed by atoms with Gasteiger partial charge in [0, 0.05) is 4.90 Å². The van der Waals surface area contributed by atoms with E-state index >= 15 is 0 Å². The highest BCUT2D eigenvalue weighted by atomic mass is 35.7. The molecule has 0 nitrogen and oxygen atoms in total. The summed E-state index contributed by atoms with van der Waals surface area (Å²) in [4.78, 5) is 0.682. The molecule has 1 unspecified atom stereocenters. The van der Waals surface area contributed by atoms with E-state index in [4.69, 9.17) is 10.7 Å². The summed E-state index contributed by atoms with van der Waals surface area (Å²) in [5, 5.41) is 0. The van der Waals surface area contributed by atoms with Crippen molar-refractivity contribution in [1.82, 2.24) is 0 Å². The summed E-state index contributed by atoms with van der Waals surface area (Å²) in [6.45, 7) is 1.88. The van der Waals surface area contributed by atoms with Crippen LogP contribution in [0.25, 0.3) is 6.08 Å². The minimum atomic E-state index is -4.37. The smallest absolute Gasteiger partial charge is 0.160 e. The van der Waals surface area contributed by atoms with E-state index in [-0.39, 0.29) is 10.8 Å². The molecule has 1 aromatic rings. The van der Waals surface area contributed by atoms with Crippen molar-refractivity contribution in [3.05, 3.63) is 34.2 Å². The van der Waals surface area contributed by atoms with Crippen LogP contribution in [0, 0.1) is 12.8 Å². The molecule has 0 bridgehead atoms. The maximum atomic E-state index is 13.4. The van der Waals surface area contributed by atoms with Gasteiger partial charge in [0.15, 0.2) is 0 Å². The standard InChI is InChI=1S/C13H12ClF3S/c1-8-2-5-11-10(6-8)7-12(9-3-4-9)18(11,14)13(15,16)17/h2,5-7,9H,3-4H2,1H3. The normalized spacial score (nSPS) is 30.6. The highest BCUT2D eigenvalue weighted by Gasteiger charge is 2.58. The molecule has 1 aliphatic carbocycles. The molecule has 0 aromatic heterocycles. The molecule has 0 saturated heterocycles. The zero-order valence-corrected chi connectivity index (χ0v) is 11.3. The van der Waals surface area contributed by atoms with Crippen LogP contribution in [0.1, 0.15) is 24.0 Å². The van der Waals surface area contributed by atoms with Crippen molar-refractivity contribution >= 4 is 26.0 Å². The Morgan fingerprint density at radius 1 is 1.28 bits per heavy atom. The van der Waals surface area contributed by atoms with Gasteiger partial charge in [0.25, 0.3) is 0 Å². The molecule has 1 aliphatic heterocycles. The first-order chi connectivity index (χ1) is 8.34. The Morgan fingerprint density at radius 2 is 1.94 bits per heavy atom. The lowest BCUT2D eigenvalue weighted by Crippen LogP contribution is -2.16. The number of hydrogen-bond donors (Lipinski definition) is 0. The number of benzene rings is 1. The van der Waals surface area contributed by atoms with Gasteiger partial charge in [-0.05, 0) is 68.2 Å². The molecular formula is C13H12ClF3S. The van der Waals surface area contributed by atoms with Crippen LogP contribution in [-0.4, -0.2) is 5.51 Å². The van der Waals surface area contributed by atoms with Crippen LogP contribution < -0.4 is 0 Å². The van der Waals surface area contributed by atoms with Gasteiger partial charge in [0.2, 0.25) is 0 Å². The Kier molecular flexibility index (Phi) is 2.55. The largest absolute Gasteiger partial charge is 0.445 e. The van der Waals surface area contributed by atoms with Crippen LogP contribution in [-0.2, 0) is 0 Å². The van der Waals surface area contributed by atoms with Crippen molar-refractivity contribution in [2.24, 2.45) is 5.92 Å². The van der Waals surface area contributed by atoms with E-state index in [1.165, 1.54) is 0 Å². The van der Waals surface area contributed by atoms with E-state index in [9.17, 15) is 13.2 Å². The summed E-state index contributed by atoms with van der Waals surface area (Å²) in [6.07, 6.45) is 3.34. The maximum Gasteiger partial charge on any atom is 0.445 e. The molecule has 1 heterocycles. The number of allylic oxidation sites excluding steroid dienone is 1. The van der Waals surface area contributed by atoms with Gasteiger partial charge in [0.1, 0.15) is 0 Å². The molecule has 1 saturated carbocycles. The van der Waals surface area contributed by atoms with Crippen molar-refractivity contribution < 1.29 is 13.2 Å². The fourth-order valence-electron chi connectivity index (χ4n) is 2.37. The first kappa shape index (κ1) is 12.4. The Bertz CT molecular complexity index is 546. The van der Waals surface area contributed by atoms with Crippen molar-refractivity contribution in [3.63, 3.8) is 0 Å². The lowest BCUT2D eigenvalue weighted by molar-refractivity contribution is -0.0360. The molecular weight excluding hydrogens is 281 g/mol. The molecule has 18 heavy (non-hydrogen) atoms. The van der Waals surface area contributed by atoms with Crippen molar-refractivity contribution in [2.45, 2.75) is 30.2 Å². The van der Waals surface area contributed by atoms with Gasteiger partial charge < -0.3 is 0 Å². The number of fused-ring (bicyclic) bond motifs is 1. The summed E-state index contributed by atoms with van der Waals surface area (Å²) in [5.74, 6) is 0.0341. The summed E-state index contributed by atoms with van der Waals surface area (Å²) >= 11 is 0. The summed E-state index contributed by atoms with van der Waals surface area (Å²) in [6, 6.07) is 5.05. The Balaban J connectivity index is 2.21. The first-order valence-electron chi connectivity index (χ1n) is 5.75. The van der Waals surface area contributed by atoms with Crippen LogP contribution >= 0.6 is 19.9 Å². The molecule has 5 heteroatoms. The average Bonchev–Trinajstić information content (AvgIpc) is 3.03. The third-order valence-electron chi connectivity index (χ3n) is 3.39. The second-order valence-electron chi connectivity index (χ2n) is 4.85. The monoisotopic (exact) mass is 292 g/mol. The van der Waals surface area contributed by atoms with E-state index < -0.39 is 14.7 Å². The highest BCUT2D eigenvalue weighted by molar-refractivity contribution is 8.54. The molecule has 1 aromatic carbocycles. The third-order valence-corrected chi connectivity index (χ3v) is 7.66. The lowest BCUT2D eigenvalue weighted by Gasteiger charge is -2.34. The van der Waals surface area contributed by atoms with E-state index in [0.717, 1.165) is 18.4 Å². The van der Waals surface area contributed by atoms with Gasteiger partial charge in [-0.25, -0.2) is 0 Å². The fraction of sp³-hybridized carbons (Fsp3) is 0.385. The van der Waals surface area contributed by atoms with Crippen molar-refractivity contribution in [2.75, 3.05) is 0 Å². The number of halogens is 4. The number of alkyl halides is 3. The number of rotatable bonds is 1. The van der Waals surface area contributed by atoms with Gasteiger partial charge >= 0.3 is 5.51 Å². The predicted octanol–water partition coefficient (Wildman–Crippen LogP) is 5.60. The predicted molar refractivity (Wildman–Crippen MR) is 69.6 cm³/mol.